The van der Waals surface area contributed by atoms with Gasteiger partial charge in [-0.2, -0.15) is 0 Å². The molecule has 0 aliphatic heterocycles. The van der Waals surface area contributed by atoms with Crippen molar-refractivity contribution < 1.29 is 17.0 Å². The van der Waals surface area contributed by atoms with Crippen LogP contribution in [0, 0.1) is 0 Å². The molecule has 0 aliphatic rings. The van der Waals surface area contributed by atoms with E-state index in [4.69, 9.17) is 0 Å². The fraction of sp³-hybridized carbons (Fsp3) is 1.00. The van der Waals surface area contributed by atoms with Gasteiger partial charge in [0.2, 0.25) is 0 Å². The Balaban J connectivity index is 0. The summed E-state index contributed by atoms with van der Waals surface area (Å²) < 4.78 is 0. The highest BCUT2D eigenvalue weighted by atomic mass is 79.9. The SMILES string of the molecule is CC[P+](C)(CC)CC.[Br-]. The lowest BCUT2D eigenvalue weighted by Gasteiger charge is -2.16. The highest BCUT2D eigenvalue weighted by Gasteiger charge is 2.22. The second-order valence-electron chi connectivity index (χ2n) is 2.57. The molecular formula is C7H18BrP. The minimum atomic E-state index is -0.412. The van der Waals surface area contributed by atoms with Gasteiger partial charge < -0.3 is 17.0 Å². The van der Waals surface area contributed by atoms with Gasteiger partial charge in [-0.25, -0.2) is 0 Å². The van der Waals surface area contributed by atoms with Crippen LogP contribution in [0.1, 0.15) is 20.8 Å². The van der Waals surface area contributed by atoms with Crippen LogP contribution in [0.3, 0.4) is 0 Å². The highest BCUT2D eigenvalue weighted by Crippen LogP contribution is 2.53. The predicted molar refractivity (Wildman–Crippen MR) is 44.5 cm³/mol. The van der Waals surface area contributed by atoms with Gasteiger partial charge in [0, 0.05) is 13.9 Å². The van der Waals surface area contributed by atoms with Crippen LogP contribution in [0.25, 0.3) is 0 Å². The first-order valence-corrected chi connectivity index (χ1v) is 6.31. The summed E-state index contributed by atoms with van der Waals surface area (Å²) in [6, 6.07) is 0. The molecule has 0 saturated heterocycles. The molecule has 0 rings (SSSR count). The standard InChI is InChI=1S/C7H18P.BrH/c1-5-8(4,6-2)7-3;/h5-7H2,1-4H3;1H/q+1;/p-1. The zero-order valence-corrected chi connectivity index (χ0v) is 9.43. The maximum absolute atomic E-state index is 2.47. The van der Waals surface area contributed by atoms with E-state index in [2.05, 4.69) is 27.4 Å². The summed E-state index contributed by atoms with van der Waals surface area (Å²) in [4.78, 5) is 0. The van der Waals surface area contributed by atoms with Gasteiger partial charge in [-0.15, -0.1) is 0 Å². The molecular weight excluding hydrogens is 195 g/mol. The summed E-state index contributed by atoms with van der Waals surface area (Å²) in [5, 5.41) is 0. The molecule has 0 saturated carbocycles. The van der Waals surface area contributed by atoms with Crippen LogP contribution in [0.4, 0.5) is 0 Å². The number of rotatable bonds is 3. The molecule has 0 aromatic heterocycles. The van der Waals surface area contributed by atoms with Gasteiger partial charge >= 0.3 is 0 Å². The zero-order valence-electron chi connectivity index (χ0n) is 6.95. The third-order valence-corrected chi connectivity index (χ3v) is 6.87. The molecule has 9 heavy (non-hydrogen) atoms. The molecule has 0 bridgehead atoms. The van der Waals surface area contributed by atoms with Crippen molar-refractivity contribution in [1.29, 1.82) is 0 Å². The molecule has 0 heterocycles. The third kappa shape index (κ3) is 4.33. The number of halogens is 1. The molecule has 0 atom stereocenters. The predicted octanol–water partition coefficient (Wildman–Crippen LogP) is -0.302. The molecule has 0 amide bonds. The van der Waals surface area contributed by atoms with E-state index in [9.17, 15) is 0 Å². The van der Waals surface area contributed by atoms with Crippen molar-refractivity contribution in [2.45, 2.75) is 20.8 Å². The Labute approximate surface area is 70.5 Å². The van der Waals surface area contributed by atoms with Gasteiger partial charge in [0.15, 0.2) is 0 Å². The molecule has 0 spiro atoms. The summed E-state index contributed by atoms with van der Waals surface area (Å²) in [7, 11) is -0.412. The van der Waals surface area contributed by atoms with Crippen LogP contribution in [0.2, 0.25) is 0 Å². The van der Waals surface area contributed by atoms with Crippen molar-refractivity contribution in [3.8, 4) is 0 Å². The van der Waals surface area contributed by atoms with Gasteiger partial charge in [0.1, 0.15) is 0 Å². The summed E-state index contributed by atoms with van der Waals surface area (Å²) in [6.07, 6.45) is 4.29. The quantitative estimate of drug-likeness (QED) is 0.564. The Morgan fingerprint density at radius 1 is 0.889 bits per heavy atom. The van der Waals surface area contributed by atoms with E-state index in [-0.39, 0.29) is 17.0 Å². The molecule has 2 heteroatoms. The van der Waals surface area contributed by atoms with Crippen molar-refractivity contribution in [1.82, 2.24) is 0 Å². The van der Waals surface area contributed by atoms with E-state index in [1.165, 1.54) is 18.5 Å². The van der Waals surface area contributed by atoms with Gasteiger partial charge in [-0.1, -0.05) is 0 Å². The average Bonchev–Trinajstić information content (AvgIpc) is 1.87. The van der Waals surface area contributed by atoms with E-state index in [0.717, 1.165) is 0 Å². The van der Waals surface area contributed by atoms with Gasteiger partial charge in [-0.3, -0.25) is 0 Å². The molecule has 0 aromatic carbocycles. The fourth-order valence-electron chi connectivity index (χ4n) is 0.671. The highest BCUT2D eigenvalue weighted by molar-refractivity contribution is 7.75. The lowest BCUT2D eigenvalue weighted by molar-refractivity contribution is -0.00000202. The Morgan fingerprint density at radius 2 is 1.11 bits per heavy atom. The van der Waals surface area contributed by atoms with Crippen molar-refractivity contribution >= 4 is 7.26 Å². The summed E-state index contributed by atoms with van der Waals surface area (Å²) in [6.45, 7) is 9.43. The Morgan fingerprint density at radius 3 is 1.11 bits per heavy atom. The van der Waals surface area contributed by atoms with E-state index in [0.29, 0.717) is 0 Å². The monoisotopic (exact) mass is 212 g/mol. The van der Waals surface area contributed by atoms with Crippen LogP contribution >= 0.6 is 7.26 Å². The minimum Gasteiger partial charge on any atom is -1.00 e. The molecule has 0 nitrogen and oxygen atoms in total. The van der Waals surface area contributed by atoms with Crippen molar-refractivity contribution in [3.05, 3.63) is 0 Å². The lowest BCUT2D eigenvalue weighted by Crippen LogP contribution is -3.00. The molecule has 0 radical (unpaired) electrons. The first kappa shape index (κ1) is 12.6. The molecule has 0 aliphatic carbocycles. The number of hydrogen-bond donors (Lipinski definition) is 0. The molecule has 58 valence electrons. The normalized spacial score (nSPS) is 10.7. The minimum absolute atomic E-state index is 0. The Kier molecular flexibility index (Phi) is 7.93. The zero-order chi connectivity index (χ0) is 6.62. The van der Waals surface area contributed by atoms with Crippen LogP contribution in [0.15, 0.2) is 0 Å². The van der Waals surface area contributed by atoms with Crippen molar-refractivity contribution in [3.63, 3.8) is 0 Å². The Bertz CT molecular complexity index is 51.7. The number of hydrogen-bond acceptors (Lipinski definition) is 0. The topological polar surface area (TPSA) is 0 Å². The fourth-order valence-corrected chi connectivity index (χ4v) is 2.01. The van der Waals surface area contributed by atoms with Gasteiger partial charge in [0.05, 0.1) is 18.5 Å². The molecule has 0 N–H and O–H groups in total. The van der Waals surface area contributed by atoms with Gasteiger partial charge in [-0.05, 0) is 20.8 Å². The van der Waals surface area contributed by atoms with E-state index in [1.54, 1.807) is 0 Å². The second-order valence-corrected chi connectivity index (χ2v) is 7.70. The van der Waals surface area contributed by atoms with Crippen LogP contribution < -0.4 is 17.0 Å². The van der Waals surface area contributed by atoms with E-state index < -0.39 is 7.26 Å². The smallest absolute Gasteiger partial charge is 0.0563 e. The van der Waals surface area contributed by atoms with Crippen LogP contribution in [-0.2, 0) is 0 Å². The first-order chi connectivity index (χ1) is 3.68. The van der Waals surface area contributed by atoms with Crippen LogP contribution in [0.5, 0.6) is 0 Å². The first-order valence-electron chi connectivity index (χ1n) is 3.52. The van der Waals surface area contributed by atoms with E-state index in [1.807, 2.05) is 0 Å². The summed E-state index contributed by atoms with van der Waals surface area (Å²) >= 11 is 0. The van der Waals surface area contributed by atoms with Crippen LogP contribution in [-0.4, -0.2) is 25.2 Å². The maximum atomic E-state index is 2.47. The van der Waals surface area contributed by atoms with Gasteiger partial charge in [0.25, 0.3) is 0 Å². The molecule has 0 fully saturated rings. The average molecular weight is 213 g/mol. The van der Waals surface area contributed by atoms with Crippen molar-refractivity contribution in [2.24, 2.45) is 0 Å². The van der Waals surface area contributed by atoms with Crippen molar-refractivity contribution in [2.75, 3.05) is 25.2 Å². The third-order valence-electron chi connectivity index (χ3n) is 2.29. The molecule has 0 unspecified atom stereocenters. The van der Waals surface area contributed by atoms with E-state index >= 15 is 0 Å². The lowest BCUT2D eigenvalue weighted by atomic mass is 10.9. The summed E-state index contributed by atoms with van der Waals surface area (Å²) in [5.74, 6) is 0. The second kappa shape index (κ2) is 5.68. The summed E-state index contributed by atoms with van der Waals surface area (Å²) in [5.41, 5.74) is 0. The molecule has 0 aromatic rings. The Hall–Kier alpha value is 0.910. The maximum Gasteiger partial charge on any atom is 0.0563 e. The largest absolute Gasteiger partial charge is 1.00 e.